The molecule has 6 N–H and O–H groups in total. The average Bonchev–Trinajstić information content (AvgIpc) is 2.87. The molecule has 12 heteroatoms. The molecule has 2 heterocycles. The fraction of sp³-hybridized carbons (Fsp3) is 0.391. The molecule has 0 saturated heterocycles. The molecular weight excluding hydrogens is 454 g/mol. The van der Waals surface area contributed by atoms with Crippen molar-refractivity contribution in [2.75, 3.05) is 32.2 Å². The van der Waals surface area contributed by atoms with Crippen molar-refractivity contribution >= 4 is 23.7 Å². The molecule has 1 aromatic carbocycles. The van der Waals surface area contributed by atoms with Crippen LogP contribution in [0.5, 0.6) is 5.75 Å². The zero-order valence-corrected chi connectivity index (χ0v) is 20.0. The Morgan fingerprint density at radius 2 is 2.11 bits per heavy atom. The van der Waals surface area contributed by atoms with E-state index in [0.29, 0.717) is 43.1 Å². The van der Waals surface area contributed by atoms with Crippen molar-refractivity contribution in [1.29, 1.82) is 0 Å². The van der Waals surface area contributed by atoms with Crippen molar-refractivity contribution in [1.82, 2.24) is 14.9 Å². The molecule has 35 heavy (non-hydrogen) atoms. The van der Waals surface area contributed by atoms with E-state index < -0.39 is 11.9 Å². The van der Waals surface area contributed by atoms with Crippen LogP contribution in [0.1, 0.15) is 41.0 Å². The summed E-state index contributed by atoms with van der Waals surface area (Å²) in [6.45, 7) is 4.39. The molecule has 0 fully saturated rings. The summed E-state index contributed by atoms with van der Waals surface area (Å²) in [6.07, 6.45) is 0.238. The predicted octanol–water partition coefficient (Wildman–Crippen LogP) is 1.03. The van der Waals surface area contributed by atoms with E-state index in [4.69, 9.17) is 21.2 Å². The first kappa shape index (κ1) is 25.7. The number of nitrogens with zero attached hydrogens (tertiary/aromatic N) is 4. The molecule has 2 aromatic rings. The van der Waals surface area contributed by atoms with E-state index in [2.05, 4.69) is 15.4 Å². The van der Waals surface area contributed by atoms with Crippen LogP contribution in [0.2, 0.25) is 0 Å². The number of nitrogens with two attached hydrogens (primary N) is 2. The van der Waals surface area contributed by atoms with Crippen LogP contribution in [-0.2, 0) is 17.7 Å². The van der Waals surface area contributed by atoms with E-state index in [0.717, 1.165) is 11.1 Å². The summed E-state index contributed by atoms with van der Waals surface area (Å²) in [6, 6.07) is 8.00. The third kappa shape index (κ3) is 5.78. The summed E-state index contributed by atoms with van der Waals surface area (Å²) in [5.41, 5.74) is 2.46. The lowest BCUT2D eigenvalue weighted by atomic mass is 9.96. The van der Waals surface area contributed by atoms with E-state index in [1.807, 2.05) is 6.07 Å². The number of amides is 2. The Labute approximate surface area is 203 Å². The van der Waals surface area contributed by atoms with Crippen molar-refractivity contribution in [2.45, 2.75) is 32.9 Å². The van der Waals surface area contributed by atoms with Gasteiger partial charge in [0.2, 0.25) is 0 Å². The van der Waals surface area contributed by atoms with E-state index in [1.54, 1.807) is 43.0 Å². The molecule has 1 atom stereocenters. The van der Waals surface area contributed by atoms with Gasteiger partial charge in [-0.1, -0.05) is 6.07 Å². The number of methoxy groups -OCH3 is 1. The normalized spacial score (nSPS) is 14.1. The maximum atomic E-state index is 13.2. The summed E-state index contributed by atoms with van der Waals surface area (Å²) in [5.74, 6) is 11.9. The number of hydrazine groups is 1. The van der Waals surface area contributed by atoms with Crippen LogP contribution in [0.25, 0.3) is 0 Å². The van der Waals surface area contributed by atoms with Gasteiger partial charge in [-0.25, -0.2) is 15.6 Å². The number of amidine groups is 1. The number of ether oxygens (including phenoxy) is 2. The highest BCUT2D eigenvalue weighted by atomic mass is 16.6. The van der Waals surface area contributed by atoms with Crippen LogP contribution in [-0.4, -0.2) is 70.7 Å². The molecule has 1 unspecified atom stereocenters. The molecule has 3 rings (SSSR count). The van der Waals surface area contributed by atoms with E-state index >= 15 is 0 Å². The van der Waals surface area contributed by atoms with Gasteiger partial charge in [0.1, 0.15) is 17.3 Å². The SMILES string of the molecule is CCOC(=O)N1CCc2cc(OC)c(C(=O)Nc3cccc(/C(=N/N)N(N)C(C)CO)n3)cc2C1. The van der Waals surface area contributed by atoms with Gasteiger partial charge in [-0.3, -0.25) is 9.80 Å². The monoisotopic (exact) mass is 485 g/mol. The van der Waals surface area contributed by atoms with E-state index in [9.17, 15) is 14.7 Å². The number of hydrogen-bond donors (Lipinski definition) is 4. The molecule has 1 aliphatic heterocycles. The maximum Gasteiger partial charge on any atom is 0.410 e. The summed E-state index contributed by atoms with van der Waals surface area (Å²) in [7, 11) is 1.49. The minimum atomic E-state index is -0.453. The Kier molecular flexibility index (Phi) is 8.44. The molecule has 12 nitrogen and oxygen atoms in total. The molecular formula is C23H31N7O5. The number of hydrogen-bond acceptors (Lipinski definition) is 9. The molecule has 2 amide bonds. The Hall–Kier alpha value is -3.90. The Balaban J connectivity index is 1.85. The van der Waals surface area contributed by atoms with Crippen LogP contribution in [0.15, 0.2) is 35.4 Å². The van der Waals surface area contributed by atoms with Gasteiger partial charge in [-0.2, -0.15) is 5.10 Å². The zero-order chi connectivity index (χ0) is 25.5. The van der Waals surface area contributed by atoms with Crippen LogP contribution < -0.4 is 21.7 Å². The summed E-state index contributed by atoms with van der Waals surface area (Å²) < 4.78 is 10.6. The van der Waals surface area contributed by atoms with Gasteiger partial charge >= 0.3 is 6.09 Å². The second-order valence-corrected chi connectivity index (χ2v) is 7.95. The zero-order valence-electron chi connectivity index (χ0n) is 20.0. The number of carbonyl (C=O) groups excluding carboxylic acids is 2. The number of pyridine rings is 1. The third-order valence-corrected chi connectivity index (χ3v) is 5.63. The number of anilines is 1. The van der Waals surface area contributed by atoms with Crippen LogP contribution in [0, 0.1) is 0 Å². The first-order valence-electron chi connectivity index (χ1n) is 11.2. The number of benzene rings is 1. The highest BCUT2D eigenvalue weighted by Gasteiger charge is 2.25. The maximum absolute atomic E-state index is 13.2. The number of carbonyl (C=O) groups is 2. The predicted molar refractivity (Wildman–Crippen MR) is 130 cm³/mol. The first-order valence-corrected chi connectivity index (χ1v) is 11.2. The molecule has 0 bridgehead atoms. The van der Waals surface area contributed by atoms with Crippen LogP contribution in [0.3, 0.4) is 0 Å². The van der Waals surface area contributed by atoms with E-state index in [1.165, 1.54) is 12.1 Å². The Morgan fingerprint density at radius 1 is 1.34 bits per heavy atom. The quantitative estimate of drug-likeness (QED) is 0.194. The molecule has 188 valence electrons. The highest BCUT2D eigenvalue weighted by Crippen LogP contribution is 2.29. The second-order valence-electron chi connectivity index (χ2n) is 7.95. The fourth-order valence-corrected chi connectivity index (χ4v) is 3.68. The third-order valence-electron chi connectivity index (χ3n) is 5.63. The second kappa shape index (κ2) is 11.5. The van der Waals surface area contributed by atoms with Crippen LogP contribution in [0.4, 0.5) is 10.6 Å². The number of aliphatic hydroxyl groups excluding tert-OH is 1. The lowest BCUT2D eigenvalue weighted by Gasteiger charge is -2.29. The van der Waals surface area contributed by atoms with Crippen molar-refractivity contribution in [3.8, 4) is 5.75 Å². The minimum Gasteiger partial charge on any atom is -0.496 e. The van der Waals surface area contributed by atoms with Gasteiger partial charge < -0.3 is 30.6 Å². The number of rotatable bonds is 7. The van der Waals surface area contributed by atoms with Gasteiger partial charge in [-0.05, 0) is 55.7 Å². The molecule has 0 aliphatic carbocycles. The molecule has 1 aliphatic rings. The first-order chi connectivity index (χ1) is 16.8. The number of fused-ring (bicyclic) bond motifs is 1. The Morgan fingerprint density at radius 3 is 2.77 bits per heavy atom. The van der Waals surface area contributed by atoms with Crippen molar-refractivity contribution in [2.24, 2.45) is 16.8 Å². The average molecular weight is 486 g/mol. The lowest BCUT2D eigenvalue weighted by Crippen LogP contribution is -2.47. The summed E-state index contributed by atoms with van der Waals surface area (Å²) >= 11 is 0. The fourth-order valence-electron chi connectivity index (χ4n) is 3.68. The lowest BCUT2D eigenvalue weighted by molar-refractivity contribution is 0.102. The standard InChI is InChI=1S/C23H31N7O5/c1-4-35-23(33)29-9-8-15-11-19(34-3)17(10-16(15)12-29)22(32)27-20-7-5-6-18(26-20)21(28-24)30(25)14(2)13-31/h5-7,10-11,14,31H,4,8-9,12-13,24-25H2,1-3H3,(H,26,27,32)/b28-21-. The number of nitrogens with one attached hydrogen (secondary N) is 1. The molecule has 1 aromatic heterocycles. The number of hydrazone groups is 1. The highest BCUT2D eigenvalue weighted by molar-refractivity contribution is 6.06. The van der Waals surface area contributed by atoms with Crippen LogP contribution >= 0.6 is 0 Å². The molecule has 0 radical (unpaired) electrons. The minimum absolute atomic E-state index is 0.146. The smallest absolute Gasteiger partial charge is 0.410 e. The summed E-state index contributed by atoms with van der Waals surface area (Å²) in [4.78, 5) is 31.3. The summed E-state index contributed by atoms with van der Waals surface area (Å²) in [5, 5.41) is 17.0. The number of aliphatic hydroxyl groups is 1. The molecule has 0 saturated carbocycles. The van der Waals surface area contributed by atoms with Gasteiger partial charge in [0.15, 0.2) is 5.84 Å². The van der Waals surface area contributed by atoms with Crippen molar-refractivity contribution in [3.63, 3.8) is 0 Å². The van der Waals surface area contributed by atoms with Crippen molar-refractivity contribution < 1.29 is 24.2 Å². The van der Waals surface area contributed by atoms with Gasteiger partial charge in [0.05, 0.1) is 31.9 Å². The van der Waals surface area contributed by atoms with Crippen molar-refractivity contribution in [3.05, 3.63) is 52.7 Å². The Bertz CT molecular complexity index is 1110. The van der Waals surface area contributed by atoms with E-state index in [-0.39, 0.29) is 24.4 Å². The van der Waals surface area contributed by atoms with Gasteiger partial charge in [0.25, 0.3) is 5.91 Å². The topological polar surface area (TPSA) is 169 Å². The largest absolute Gasteiger partial charge is 0.496 e. The van der Waals surface area contributed by atoms with Gasteiger partial charge in [-0.15, -0.1) is 0 Å². The molecule has 0 spiro atoms. The number of aromatic nitrogens is 1. The van der Waals surface area contributed by atoms with Gasteiger partial charge in [0, 0.05) is 13.1 Å².